The number of unbranched alkanes of at least 4 members (excludes halogenated alkanes) is 2. The topological polar surface area (TPSA) is 26.3 Å². The van der Waals surface area contributed by atoms with Crippen LogP contribution in [0.1, 0.15) is 80.6 Å². The van der Waals surface area contributed by atoms with Crippen LogP contribution in [0.3, 0.4) is 0 Å². The number of rotatable bonds is 10. The van der Waals surface area contributed by atoms with E-state index in [0.29, 0.717) is 11.3 Å². The Balaban J connectivity index is 1.36. The van der Waals surface area contributed by atoms with Crippen molar-refractivity contribution < 1.29 is 9.53 Å². The number of allylic oxidation sites excluding steroid dienone is 2. The molecule has 0 amide bonds. The lowest BCUT2D eigenvalue weighted by atomic mass is 9.79. The van der Waals surface area contributed by atoms with Crippen LogP contribution in [0.4, 0.5) is 0 Å². The normalized spacial score (nSPS) is 18.9. The molecule has 3 rings (SSSR count). The highest BCUT2D eigenvalue weighted by Crippen LogP contribution is 2.32. The van der Waals surface area contributed by atoms with E-state index >= 15 is 0 Å². The largest absolute Gasteiger partial charge is 0.423 e. The lowest BCUT2D eigenvalue weighted by Crippen LogP contribution is -2.13. The summed E-state index contributed by atoms with van der Waals surface area (Å²) in [5, 5.41) is 0. The third kappa shape index (κ3) is 8.29. The molecule has 0 atom stereocenters. The predicted octanol–water partition coefficient (Wildman–Crippen LogP) is 8.54. The second-order valence-electron chi connectivity index (χ2n) is 8.78. The van der Waals surface area contributed by atoms with Crippen molar-refractivity contribution in [2.45, 2.75) is 71.1 Å². The van der Waals surface area contributed by atoms with E-state index in [1.165, 1.54) is 56.9 Å². The number of hydrogen-bond acceptors (Lipinski definition) is 2. The number of aryl methyl sites for hydroxylation is 1. The summed E-state index contributed by atoms with van der Waals surface area (Å²) in [7, 11) is 0. The van der Waals surface area contributed by atoms with Crippen molar-refractivity contribution in [2.24, 2.45) is 11.8 Å². The summed E-state index contributed by atoms with van der Waals surface area (Å²) >= 11 is 3.38. The van der Waals surface area contributed by atoms with E-state index in [0.717, 1.165) is 29.2 Å². The quantitative estimate of drug-likeness (QED) is 0.146. The molecule has 0 aromatic heterocycles. The zero-order chi connectivity index (χ0) is 21.9. The van der Waals surface area contributed by atoms with E-state index in [1.807, 2.05) is 36.4 Å². The van der Waals surface area contributed by atoms with Gasteiger partial charge in [0.05, 0.1) is 5.56 Å². The Bertz CT molecular complexity index is 815. The maximum atomic E-state index is 12.3. The van der Waals surface area contributed by atoms with Gasteiger partial charge < -0.3 is 4.74 Å². The summed E-state index contributed by atoms with van der Waals surface area (Å²) < 4.78 is 6.38. The molecule has 0 radical (unpaired) electrons. The van der Waals surface area contributed by atoms with Gasteiger partial charge in [0.25, 0.3) is 0 Å². The Morgan fingerprint density at radius 1 is 1.00 bits per heavy atom. The number of carbonyl (C=O) groups is 1. The van der Waals surface area contributed by atoms with E-state index in [4.69, 9.17) is 4.74 Å². The molecule has 0 heterocycles. The summed E-state index contributed by atoms with van der Waals surface area (Å²) in [6.07, 6.45) is 18.0. The van der Waals surface area contributed by atoms with Gasteiger partial charge in [-0.3, -0.25) is 0 Å². The molecule has 0 aliphatic heterocycles. The van der Waals surface area contributed by atoms with E-state index < -0.39 is 0 Å². The molecule has 1 aliphatic rings. The minimum absolute atomic E-state index is 0.320. The zero-order valence-electron chi connectivity index (χ0n) is 18.7. The van der Waals surface area contributed by atoms with Crippen LogP contribution in [0.15, 0.2) is 65.2 Å². The molecule has 1 saturated carbocycles. The minimum atomic E-state index is -0.320. The monoisotopic (exact) mass is 482 g/mol. The Hall–Kier alpha value is -1.87. The molecule has 0 spiro atoms. The maximum Gasteiger partial charge on any atom is 0.343 e. The Morgan fingerprint density at radius 2 is 1.71 bits per heavy atom. The summed E-state index contributed by atoms with van der Waals surface area (Å²) in [5.41, 5.74) is 1.84. The van der Waals surface area contributed by atoms with Crippen LogP contribution >= 0.6 is 15.9 Å². The van der Waals surface area contributed by atoms with Gasteiger partial charge in [-0.2, -0.15) is 0 Å². The van der Waals surface area contributed by atoms with Crippen LogP contribution in [0.25, 0.3) is 0 Å². The second kappa shape index (κ2) is 12.9. The van der Waals surface area contributed by atoms with Gasteiger partial charge in [-0.15, -0.1) is 0 Å². The van der Waals surface area contributed by atoms with Crippen LogP contribution < -0.4 is 4.74 Å². The number of ether oxygens (including phenoxy) is 1. The van der Waals surface area contributed by atoms with Crippen molar-refractivity contribution in [3.05, 3.63) is 76.3 Å². The second-order valence-corrected chi connectivity index (χ2v) is 9.70. The maximum absolute atomic E-state index is 12.3. The molecule has 0 bridgehead atoms. The van der Waals surface area contributed by atoms with Crippen LogP contribution in [0.2, 0.25) is 0 Å². The van der Waals surface area contributed by atoms with Crippen molar-refractivity contribution in [1.82, 2.24) is 0 Å². The first-order chi connectivity index (χ1) is 15.1. The van der Waals surface area contributed by atoms with Gasteiger partial charge in [0.15, 0.2) is 0 Å². The Kier molecular flexibility index (Phi) is 9.86. The highest BCUT2D eigenvalue weighted by Gasteiger charge is 2.18. The highest BCUT2D eigenvalue weighted by molar-refractivity contribution is 9.10. The molecular formula is C28H35BrO2. The zero-order valence-corrected chi connectivity index (χ0v) is 20.3. The number of carbonyl (C=O) groups excluding carboxylic acids is 1. The van der Waals surface area contributed by atoms with Gasteiger partial charge in [-0.25, -0.2) is 4.79 Å². The van der Waals surface area contributed by atoms with Gasteiger partial charge in [-0.1, -0.05) is 72.8 Å². The van der Waals surface area contributed by atoms with Crippen molar-refractivity contribution in [3.63, 3.8) is 0 Å². The molecule has 1 fully saturated rings. The van der Waals surface area contributed by atoms with E-state index in [2.05, 4.69) is 35.0 Å². The molecule has 1 aliphatic carbocycles. The molecule has 0 N–H and O–H groups in total. The molecule has 2 aromatic rings. The first kappa shape index (κ1) is 23.8. The average molecular weight is 483 g/mol. The number of halogens is 1. The van der Waals surface area contributed by atoms with Gasteiger partial charge in [0, 0.05) is 4.47 Å². The molecule has 166 valence electrons. The molecule has 31 heavy (non-hydrogen) atoms. The molecule has 3 heteroatoms. The number of hydrogen-bond donors (Lipinski definition) is 0. The summed E-state index contributed by atoms with van der Waals surface area (Å²) in [6.45, 7) is 2.29. The molecule has 2 nitrogen and oxygen atoms in total. The van der Waals surface area contributed by atoms with E-state index in [1.54, 1.807) is 12.1 Å². The standard InChI is InChI=1S/C28H35BrO2/c1-2-3-4-7-22-10-12-23(13-11-22)8-5-6-9-24-14-16-25(17-15-24)28(30)31-27-20-18-26(29)19-21-27/h5,8,14-23H,2-4,6-7,9-13H2,1H3. The van der Waals surface area contributed by atoms with Gasteiger partial charge in [0.2, 0.25) is 0 Å². The number of esters is 1. The summed E-state index contributed by atoms with van der Waals surface area (Å²) in [5.74, 6) is 1.99. The third-order valence-corrected chi connectivity index (χ3v) is 6.86. The fourth-order valence-electron chi connectivity index (χ4n) is 4.37. The van der Waals surface area contributed by atoms with Crippen molar-refractivity contribution in [2.75, 3.05) is 0 Å². The van der Waals surface area contributed by atoms with Crippen LogP contribution in [-0.2, 0) is 6.42 Å². The fraction of sp³-hybridized carbons (Fsp3) is 0.464. The summed E-state index contributed by atoms with van der Waals surface area (Å²) in [6, 6.07) is 15.1. The smallest absolute Gasteiger partial charge is 0.343 e. The van der Waals surface area contributed by atoms with E-state index in [-0.39, 0.29) is 5.97 Å². The van der Waals surface area contributed by atoms with Crippen molar-refractivity contribution in [3.8, 4) is 5.75 Å². The lowest BCUT2D eigenvalue weighted by molar-refractivity contribution is 0.0734. The predicted molar refractivity (Wildman–Crippen MR) is 133 cm³/mol. The lowest BCUT2D eigenvalue weighted by Gasteiger charge is -2.26. The summed E-state index contributed by atoms with van der Waals surface area (Å²) in [4.78, 5) is 12.3. The average Bonchev–Trinajstić information content (AvgIpc) is 2.80. The van der Waals surface area contributed by atoms with Crippen molar-refractivity contribution in [1.29, 1.82) is 0 Å². The molecule has 2 aromatic carbocycles. The first-order valence-electron chi connectivity index (χ1n) is 11.9. The van der Waals surface area contributed by atoms with Gasteiger partial charge >= 0.3 is 5.97 Å². The Morgan fingerprint density at radius 3 is 2.39 bits per heavy atom. The first-order valence-corrected chi connectivity index (χ1v) is 12.7. The highest BCUT2D eigenvalue weighted by atomic mass is 79.9. The van der Waals surface area contributed by atoms with Crippen LogP contribution in [0, 0.1) is 11.8 Å². The Labute approximate surface area is 196 Å². The minimum Gasteiger partial charge on any atom is -0.423 e. The molecular weight excluding hydrogens is 448 g/mol. The molecule has 0 saturated heterocycles. The van der Waals surface area contributed by atoms with Crippen LogP contribution in [-0.4, -0.2) is 5.97 Å². The third-order valence-electron chi connectivity index (χ3n) is 6.33. The molecule has 0 unspecified atom stereocenters. The van der Waals surface area contributed by atoms with Gasteiger partial charge in [-0.05, 0) is 92.3 Å². The SMILES string of the molecule is CCCCCC1CCC(C=CCCc2ccc(C(=O)Oc3ccc(Br)cc3)cc2)CC1. The number of benzene rings is 2. The van der Waals surface area contributed by atoms with Crippen molar-refractivity contribution >= 4 is 21.9 Å². The van der Waals surface area contributed by atoms with Gasteiger partial charge in [0.1, 0.15) is 5.75 Å². The fourth-order valence-corrected chi connectivity index (χ4v) is 4.63. The van der Waals surface area contributed by atoms with E-state index in [9.17, 15) is 4.79 Å². The van der Waals surface area contributed by atoms with Crippen LogP contribution in [0.5, 0.6) is 5.75 Å².